The first-order valence-electron chi connectivity index (χ1n) is 12.7. The fourth-order valence-electron chi connectivity index (χ4n) is 3.45. The lowest BCUT2D eigenvalue weighted by atomic mass is 10.1. The van der Waals surface area contributed by atoms with Crippen molar-refractivity contribution in [1.82, 2.24) is 21.3 Å². The summed E-state index contributed by atoms with van der Waals surface area (Å²) in [5.41, 5.74) is 5.77. The molecule has 0 fully saturated rings. The van der Waals surface area contributed by atoms with E-state index in [2.05, 4.69) is 21.3 Å². The Morgan fingerprint density at radius 1 is 0.667 bits per heavy atom. The number of aliphatic carboxylic acids is 1. The topological polar surface area (TPSA) is 180 Å². The molecule has 0 aliphatic heterocycles. The Kier molecular flexibility index (Phi) is 17.6. The van der Waals surface area contributed by atoms with Crippen LogP contribution < -0.4 is 27.0 Å². The molecule has 0 bridgehead atoms. The predicted octanol–water partition coefficient (Wildman–Crippen LogP) is 0.901. The van der Waals surface area contributed by atoms with Crippen LogP contribution in [-0.2, 0) is 24.0 Å². The number of carbonyl (C=O) groups is 5. The second kappa shape index (κ2) is 18.9. The number of rotatable bonds is 19. The molecule has 208 valence electrons. The Bertz CT molecular complexity index is 723. The third-order valence-electron chi connectivity index (χ3n) is 5.63. The Labute approximate surface area is 218 Å². The largest absolute Gasteiger partial charge is 0.480 e. The molecule has 5 atom stereocenters. The summed E-state index contributed by atoms with van der Waals surface area (Å²) in [4.78, 5) is 62.6. The molecule has 0 saturated heterocycles. The molecule has 36 heavy (non-hydrogen) atoms. The van der Waals surface area contributed by atoms with Crippen LogP contribution in [0, 0.1) is 0 Å². The van der Waals surface area contributed by atoms with E-state index in [0.29, 0.717) is 50.7 Å². The molecule has 0 aromatic rings. The number of thioether (sulfide) groups is 1. The van der Waals surface area contributed by atoms with Gasteiger partial charge in [-0.3, -0.25) is 19.2 Å². The number of hydrogen-bond acceptors (Lipinski definition) is 7. The molecule has 0 heterocycles. The zero-order chi connectivity index (χ0) is 27.7. The van der Waals surface area contributed by atoms with Crippen LogP contribution in [0.2, 0.25) is 0 Å². The lowest BCUT2D eigenvalue weighted by Gasteiger charge is -2.26. The average molecular weight is 532 g/mol. The molecule has 0 rings (SSSR count). The molecule has 0 aliphatic rings. The summed E-state index contributed by atoms with van der Waals surface area (Å²) in [5, 5.41) is 19.9. The van der Waals surface area contributed by atoms with Gasteiger partial charge in [0.1, 0.15) is 24.2 Å². The third-order valence-corrected chi connectivity index (χ3v) is 6.28. The fourth-order valence-corrected chi connectivity index (χ4v) is 3.92. The van der Waals surface area contributed by atoms with Gasteiger partial charge < -0.3 is 32.1 Å². The van der Waals surface area contributed by atoms with E-state index < -0.39 is 59.8 Å². The summed E-state index contributed by atoms with van der Waals surface area (Å²) in [6.45, 7) is 7.31. The van der Waals surface area contributed by atoms with Crippen LogP contribution in [0.15, 0.2) is 0 Å². The van der Waals surface area contributed by atoms with Crippen molar-refractivity contribution in [3.63, 3.8) is 0 Å². The summed E-state index contributed by atoms with van der Waals surface area (Å²) >= 11 is 1.50. The second-order valence-corrected chi connectivity index (χ2v) is 9.73. The number of nitrogens with two attached hydrogens (primary N) is 1. The number of carbonyl (C=O) groups excluding carboxylic acids is 4. The first-order valence-corrected chi connectivity index (χ1v) is 14.1. The molecule has 7 N–H and O–H groups in total. The van der Waals surface area contributed by atoms with Crippen molar-refractivity contribution in [2.45, 2.75) is 109 Å². The number of amides is 4. The minimum Gasteiger partial charge on any atom is -0.480 e. The Hall–Kier alpha value is -2.34. The summed E-state index contributed by atoms with van der Waals surface area (Å²) in [6, 6.07) is -4.49. The first kappa shape index (κ1) is 33.7. The van der Waals surface area contributed by atoms with Crippen molar-refractivity contribution < 1.29 is 29.1 Å². The third kappa shape index (κ3) is 12.6. The standard InChI is InChI=1S/C24H45N5O6S/c1-6-10-16(26-20(30)15(25)9-4)21(31)28-18(13-14-36-5)23(33)27-17(11-7-2)22(32)29-19(12-8-3)24(34)35/h15-19H,6-14,25H2,1-5H3,(H,26,30)(H,27,33)(H,28,31)(H,29,32)(H,34,35)/t15-,16-,17-,18-,19-/m0/s1. The SMILES string of the molecule is CCC[C@H](NC(=O)[C@H](CCC)NC(=O)[C@H](CCSC)NC(=O)[C@H](CCC)NC(=O)[C@@H](N)CC)C(=O)O. The van der Waals surface area contributed by atoms with Gasteiger partial charge in [-0.2, -0.15) is 11.8 Å². The highest BCUT2D eigenvalue weighted by atomic mass is 32.2. The molecule has 0 spiro atoms. The highest BCUT2D eigenvalue weighted by Crippen LogP contribution is 2.07. The number of carboxylic acid groups (broad SMARTS) is 1. The molecular formula is C24H45N5O6S. The number of nitrogens with one attached hydrogen (secondary N) is 4. The highest BCUT2D eigenvalue weighted by molar-refractivity contribution is 7.98. The first-order chi connectivity index (χ1) is 17.1. The molecular weight excluding hydrogens is 486 g/mol. The van der Waals surface area contributed by atoms with Crippen molar-refractivity contribution in [3.05, 3.63) is 0 Å². The summed E-state index contributed by atoms with van der Waals surface area (Å²) in [5.74, 6) is -2.61. The van der Waals surface area contributed by atoms with Crippen molar-refractivity contribution in [3.8, 4) is 0 Å². The van der Waals surface area contributed by atoms with E-state index in [1.165, 1.54) is 11.8 Å². The van der Waals surface area contributed by atoms with Crippen LogP contribution in [0.1, 0.15) is 79.1 Å². The van der Waals surface area contributed by atoms with Gasteiger partial charge in [-0.25, -0.2) is 4.79 Å². The van der Waals surface area contributed by atoms with Gasteiger partial charge in [0.15, 0.2) is 0 Å². The monoisotopic (exact) mass is 531 g/mol. The smallest absolute Gasteiger partial charge is 0.326 e. The van der Waals surface area contributed by atoms with Crippen molar-refractivity contribution >= 4 is 41.4 Å². The van der Waals surface area contributed by atoms with Gasteiger partial charge in [0, 0.05) is 0 Å². The molecule has 0 aromatic heterocycles. The fraction of sp³-hybridized carbons (Fsp3) is 0.792. The van der Waals surface area contributed by atoms with Crippen LogP contribution in [-0.4, -0.2) is 76.9 Å². The normalized spacial score (nSPS) is 15.1. The minimum atomic E-state index is -1.14. The highest BCUT2D eigenvalue weighted by Gasteiger charge is 2.30. The summed E-state index contributed by atoms with van der Waals surface area (Å²) < 4.78 is 0. The number of hydrogen-bond donors (Lipinski definition) is 6. The van der Waals surface area contributed by atoms with Gasteiger partial charge in [-0.05, 0) is 44.1 Å². The molecule has 4 amide bonds. The maximum Gasteiger partial charge on any atom is 0.326 e. The van der Waals surface area contributed by atoms with Gasteiger partial charge in [-0.1, -0.05) is 47.0 Å². The number of carboxylic acids is 1. The Balaban J connectivity index is 5.53. The van der Waals surface area contributed by atoms with E-state index in [0.717, 1.165) is 0 Å². The van der Waals surface area contributed by atoms with Crippen LogP contribution in [0.25, 0.3) is 0 Å². The van der Waals surface area contributed by atoms with E-state index in [9.17, 15) is 29.1 Å². The zero-order valence-electron chi connectivity index (χ0n) is 22.2. The summed E-state index contributed by atoms with van der Waals surface area (Å²) in [6.07, 6.45) is 5.34. The Morgan fingerprint density at radius 3 is 1.39 bits per heavy atom. The maximum absolute atomic E-state index is 13.1. The lowest BCUT2D eigenvalue weighted by Crippen LogP contribution is -2.58. The molecule has 0 unspecified atom stereocenters. The minimum absolute atomic E-state index is 0.270. The quantitative estimate of drug-likeness (QED) is 0.142. The van der Waals surface area contributed by atoms with Crippen molar-refractivity contribution in [2.75, 3.05) is 12.0 Å². The van der Waals surface area contributed by atoms with Gasteiger partial charge in [-0.15, -0.1) is 0 Å². The molecule has 0 aromatic carbocycles. The van der Waals surface area contributed by atoms with Gasteiger partial charge in [0.2, 0.25) is 23.6 Å². The predicted molar refractivity (Wildman–Crippen MR) is 141 cm³/mol. The zero-order valence-corrected chi connectivity index (χ0v) is 23.0. The van der Waals surface area contributed by atoms with Crippen LogP contribution >= 0.6 is 11.8 Å². The van der Waals surface area contributed by atoms with E-state index in [1.807, 2.05) is 27.0 Å². The molecule has 0 aliphatic carbocycles. The van der Waals surface area contributed by atoms with Crippen LogP contribution in [0.4, 0.5) is 0 Å². The molecule has 12 heteroatoms. The van der Waals surface area contributed by atoms with E-state index in [-0.39, 0.29) is 6.42 Å². The lowest BCUT2D eigenvalue weighted by molar-refractivity contribution is -0.142. The van der Waals surface area contributed by atoms with Gasteiger partial charge >= 0.3 is 5.97 Å². The second-order valence-electron chi connectivity index (χ2n) is 8.75. The van der Waals surface area contributed by atoms with Gasteiger partial charge in [0.25, 0.3) is 0 Å². The molecule has 0 radical (unpaired) electrons. The maximum atomic E-state index is 13.1. The Morgan fingerprint density at radius 2 is 1.03 bits per heavy atom. The average Bonchev–Trinajstić information content (AvgIpc) is 2.84. The van der Waals surface area contributed by atoms with Crippen LogP contribution in [0.3, 0.4) is 0 Å². The van der Waals surface area contributed by atoms with Crippen LogP contribution in [0.5, 0.6) is 0 Å². The van der Waals surface area contributed by atoms with E-state index >= 15 is 0 Å². The van der Waals surface area contributed by atoms with E-state index in [1.54, 1.807) is 6.92 Å². The molecule has 0 saturated carbocycles. The van der Waals surface area contributed by atoms with Gasteiger partial charge in [0.05, 0.1) is 6.04 Å². The summed E-state index contributed by atoms with van der Waals surface area (Å²) in [7, 11) is 0. The van der Waals surface area contributed by atoms with E-state index in [4.69, 9.17) is 5.73 Å². The molecule has 11 nitrogen and oxygen atoms in total. The van der Waals surface area contributed by atoms with Crippen molar-refractivity contribution in [2.24, 2.45) is 5.73 Å². The van der Waals surface area contributed by atoms with Crippen molar-refractivity contribution in [1.29, 1.82) is 0 Å².